The molecule has 3 aromatic rings. The van der Waals surface area contributed by atoms with E-state index in [4.69, 9.17) is 0 Å². The predicted octanol–water partition coefficient (Wildman–Crippen LogP) is 5.89. The Morgan fingerprint density at radius 2 is 1.81 bits per heavy atom. The summed E-state index contributed by atoms with van der Waals surface area (Å²) in [5, 5.41) is 13.4. The third-order valence-corrected chi connectivity index (χ3v) is 6.51. The topological polar surface area (TPSA) is 52.6 Å². The van der Waals surface area contributed by atoms with E-state index in [1.807, 2.05) is 66.4 Å². The first-order valence-electron chi connectivity index (χ1n) is 10.9. The molecule has 5 rings (SSSR count). The third-order valence-electron chi connectivity index (χ3n) is 6.51. The summed E-state index contributed by atoms with van der Waals surface area (Å²) >= 11 is 0. The summed E-state index contributed by atoms with van der Waals surface area (Å²) < 4.78 is 0. The molecule has 1 aliphatic heterocycles. The van der Waals surface area contributed by atoms with E-state index in [-0.39, 0.29) is 23.6 Å². The molecule has 4 nitrogen and oxygen atoms in total. The normalized spacial score (nSPS) is 21.1. The fraction of sp³-hybridized carbons (Fsp3) is 0.222. The van der Waals surface area contributed by atoms with Gasteiger partial charge >= 0.3 is 0 Å². The Balaban J connectivity index is 1.57. The smallest absolute Gasteiger partial charge is 0.260 e. The summed E-state index contributed by atoms with van der Waals surface area (Å²) in [4.78, 5) is 15.5. The van der Waals surface area contributed by atoms with Gasteiger partial charge in [-0.3, -0.25) is 4.79 Å². The molecule has 2 aliphatic rings. The standard InChI is InChI=1S/C27H26N2O2/c1-2-29(19-8-4-3-5-9-19)27(31)24-13-7-12-23-21-10-6-11-22(21)25(28-26(23)24)18-14-16-20(30)17-15-18/h3-10,12-17,21-22,25,28,30H,2,11H2,1H3. The zero-order valence-corrected chi connectivity index (χ0v) is 17.5. The van der Waals surface area contributed by atoms with Crippen molar-refractivity contribution in [2.75, 3.05) is 16.8 Å². The van der Waals surface area contributed by atoms with Gasteiger partial charge < -0.3 is 15.3 Å². The number of benzene rings is 3. The molecular weight excluding hydrogens is 384 g/mol. The monoisotopic (exact) mass is 410 g/mol. The van der Waals surface area contributed by atoms with E-state index in [9.17, 15) is 9.90 Å². The summed E-state index contributed by atoms with van der Waals surface area (Å²) in [6, 6.07) is 23.4. The highest BCUT2D eigenvalue weighted by molar-refractivity contribution is 6.10. The minimum absolute atomic E-state index is 0.00272. The van der Waals surface area contributed by atoms with Gasteiger partial charge in [-0.15, -0.1) is 0 Å². The highest BCUT2D eigenvalue weighted by Gasteiger charge is 2.39. The van der Waals surface area contributed by atoms with Crippen molar-refractivity contribution in [2.45, 2.75) is 25.3 Å². The molecule has 0 radical (unpaired) electrons. The quantitative estimate of drug-likeness (QED) is 0.528. The molecule has 2 N–H and O–H groups in total. The van der Waals surface area contributed by atoms with E-state index in [0.29, 0.717) is 18.0 Å². The van der Waals surface area contributed by atoms with E-state index in [1.54, 1.807) is 12.1 Å². The molecule has 3 atom stereocenters. The summed E-state index contributed by atoms with van der Waals surface area (Å²) in [6.07, 6.45) is 5.52. The number of nitrogens with zero attached hydrogens (tertiary/aromatic N) is 1. The van der Waals surface area contributed by atoms with Crippen LogP contribution in [-0.4, -0.2) is 17.6 Å². The van der Waals surface area contributed by atoms with Gasteiger partial charge in [0.2, 0.25) is 0 Å². The Labute approximate surface area is 182 Å². The second kappa shape index (κ2) is 7.95. The number of rotatable bonds is 4. The van der Waals surface area contributed by atoms with Crippen molar-refractivity contribution in [3.05, 3.63) is 102 Å². The number of hydrogen-bond acceptors (Lipinski definition) is 3. The van der Waals surface area contributed by atoms with Crippen molar-refractivity contribution in [3.63, 3.8) is 0 Å². The highest BCUT2D eigenvalue weighted by Crippen LogP contribution is 2.50. The Morgan fingerprint density at radius 1 is 1.03 bits per heavy atom. The molecule has 3 aromatic carbocycles. The molecule has 0 bridgehead atoms. The van der Waals surface area contributed by atoms with E-state index in [1.165, 1.54) is 5.56 Å². The van der Waals surface area contributed by atoms with Gasteiger partial charge in [0, 0.05) is 18.2 Å². The fourth-order valence-electron chi connectivity index (χ4n) is 5.01. The van der Waals surface area contributed by atoms with Crippen molar-refractivity contribution >= 4 is 17.3 Å². The van der Waals surface area contributed by atoms with E-state index in [2.05, 4.69) is 23.5 Å². The van der Waals surface area contributed by atoms with Crippen LogP contribution in [0.4, 0.5) is 11.4 Å². The van der Waals surface area contributed by atoms with Crippen LogP contribution in [0.2, 0.25) is 0 Å². The maximum Gasteiger partial charge on any atom is 0.260 e. The molecule has 0 saturated heterocycles. The molecule has 0 fully saturated rings. The Bertz CT molecular complexity index is 1120. The molecule has 31 heavy (non-hydrogen) atoms. The largest absolute Gasteiger partial charge is 0.508 e. The lowest BCUT2D eigenvalue weighted by atomic mass is 9.76. The van der Waals surface area contributed by atoms with Gasteiger partial charge in [-0.2, -0.15) is 0 Å². The minimum atomic E-state index is 0.00272. The predicted molar refractivity (Wildman–Crippen MR) is 125 cm³/mol. The lowest BCUT2D eigenvalue weighted by molar-refractivity contribution is 0.0988. The molecule has 1 heterocycles. The maximum atomic E-state index is 13.7. The second-order valence-electron chi connectivity index (χ2n) is 8.22. The van der Waals surface area contributed by atoms with E-state index >= 15 is 0 Å². The van der Waals surface area contributed by atoms with Gasteiger partial charge in [-0.25, -0.2) is 0 Å². The third kappa shape index (κ3) is 3.38. The van der Waals surface area contributed by atoms with Gasteiger partial charge in [-0.05, 0) is 60.7 Å². The first kappa shape index (κ1) is 19.4. The van der Waals surface area contributed by atoms with Crippen LogP contribution in [0, 0.1) is 5.92 Å². The van der Waals surface area contributed by atoms with Crippen LogP contribution in [-0.2, 0) is 0 Å². The van der Waals surface area contributed by atoms with Crippen molar-refractivity contribution in [3.8, 4) is 5.75 Å². The molecular formula is C27H26N2O2. The maximum absolute atomic E-state index is 13.7. The number of fused-ring (bicyclic) bond motifs is 3. The molecule has 1 amide bonds. The van der Waals surface area contributed by atoms with Crippen molar-refractivity contribution in [1.82, 2.24) is 0 Å². The lowest BCUT2D eigenvalue weighted by Crippen LogP contribution is -2.34. The van der Waals surface area contributed by atoms with Crippen molar-refractivity contribution < 1.29 is 9.90 Å². The number of carbonyl (C=O) groups is 1. The number of phenols is 1. The van der Waals surface area contributed by atoms with Gasteiger partial charge in [0.25, 0.3) is 5.91 Å². The Kier molecular flexibility index (Phi) is 4.99. The Hall–Kier alpha value is -3.53. The van der Waals surface area contributed by atoms with Crippen LogP contribution in [0.15, 0.2) is 84.9 Å². The zero-order chi connectivity index (χ0) is 21.4. The first-order chi connectivity index (χ1) is 15.2. The SMILES string of the molecule is CCN(C(=O)c1cccc2c1NC(c1ccc(O)cc1)C1CC=CC21)c1ccccc1. The number of carbonyl (C=O) groups excluding carboxylic acids is 1. The van der Waals surface area contributed by atoms with E-state index in [0.717, 1.165) is 23.4 Å². The van der Waals surface area contributed by atoms with Crippen LogP contribution in [0.5, 0.6) is 5.75 Å². The molecule has 0 saturated carbocycles. The van der Waals surface area contributed by atoms with Crippen LogP contribution in [0.1, 0.15) is 46.8 Å². The van der Waals surface area contributed by atoms with Gasteiger partial charge in [-0.1, -0.05) is 54.6 Å². The van der Waals surface area contributed by atoms with Gasteiger partial charge in [0.1, 0.15) is 5.75 Å². The number of nitrogens with one attached hydrogen (secondary N) is 1. The zero-order valence-electron chi connectivity index (χ0n) is 17.5. The second-order valence-corrected chi connectivity index (χ2v) is 8.22. The summed E-state index contributed by atoms with van der Waals surface area (Å²) in [7, 11) is 0. The number of hydrogen-bond donors (Lipinski definition) is 2. The summed E-state index contributed by atoms with van der Waals surface area (Å²) in [5.74, 6) is 0.926. The molecule has 4 heteroatoms. The van der Waals surface area contributed by atoms with Gasteiger partial charge in [0.05, 0.1) is 17.3 Å². The number of anilines is 2. The van der Waals surface area contributed by atoms with Crippen molar-refractivity contribution in [1.29, 1.82) is 0 Å². The number of allylic oxidation sites excluding steroid dienone is 2. The Morgan fingerprint density at radius 3 is 2.55 bits per heavy atom. The molecule has 0 aromatic heterocycles. The average Bonchev–Trinajstić information content (AvgIpc) is 3.30. The lowest BCUT2D eigenvalue weighted by Gasteiger charge is -2.38. The van der Waals surface area contributed by atoms with Gasteiger partial charge in [0.15, 0.2) is 0 Å². The number of aromatic hydroxyl groups is 1. The van der Waals surface area contributed by atoms with E-state index < -0.39 is 0 Å². The highest BCUT2D eigenvalue weighted by atomic mass is 16.3. The molecule has 156 valence electrons. The van der Waals surface area contributed by atoms with Crippen molar-refractivity contribution in [2.24, 2.45) is 5.92 Å². The number of amides is 1. The number of phenolic OH excluding ortho intramolecular Hbond substituents is 1. The average molecular weight is 411 g/mol. The minimum Gasteiger partial charge on any atom is -0.508 e. The molecule has 1 aliphatic carbocycles. The summed E-state index contributed by atoms with van der Waals surface area (Å²) in [5.41, 5.74) is 4.83. The van der Waals surface area contributed by atoms with Crippen LogP contribution in [0.25, 0.3) is 0 Å². The van der Waals surface area contributed by atoms with Crippen LogP contribution in [0.3, 0.4) is 0 Å². The number of para-hydroxylation sites is 2. The summed E-state index contributed by atoms with van der Waals surface area (Å²) in [6.45, 7) is 2.60. The van der Waals surface area contributed by atoms with Crippen LogP contribution < -0.4 is 10.2 Å². The molecule has 0 spiro atoms. The van der Waals surface area contributed by atoms with Crippen LogP contribution >= 0.6 is 0 Å². The first-order valence-corrected chi connectivity index (χ1v) is 10.9. The molecule has 3 unspecified atom stereocenters. The fourth-order valence-corrected chi connectivity index (χ4v) is 5.01.